The van der Waals surface area contributed by atoms with Crippen molar-refractivity contribution in [1.82, 2.24) is 14.8 Å². The van der Waals surface area contributed by atoms with E-state index in [1.54, 1.807) is 4.57 Å². The van der Waals surface area contributed by atoms with Crippen molar-refractivity contribution in [3.63, 3.8) is 0 Å². The van der Waals surface area contributed by atoms with Crippen molar-refractivity contribution in [2.24, 2.45) is 12.8 Å². The number of para-hydroxylation sites is 1. The Hall–Kier alpha value is -1.38. The zero-order valence-corrected chi connectivity index (χ0v) is 13.2. The van der Waals surface area contributed by atoms with Gasteiger partial charge in [-0.25, -0.2) is 0 Å². The first-order valence-electron chi connectivity index (χ1n) is 5.87. The molecular weight excluding hydrogens is 342 g/mol. The zero-order chi connectivity index (χ0) is 14.5. The predicted molar refractivity (Wildman–Crippen MR) is 82.4 cm³/mol. The maximum absolute atomic E-state index is 11.9. The first-order valence-corrected chi connectivity index (χ1v) is 7.65. The minimum absolute atomic E-state index is 0.0980. The van der Waals surface area contributed by atoms with E-state index in [-0.39, 0.29) is 11.7 Å². The summed E-state index contributed by atoms with van der Waals surface area (Å²) >= 11 is 4.71. The molecule has 1 amide bonds. The van der Waals surface area contributed by atoms with Crippen LogP contribution in [-0.2, 0) is 18.4 Å². The number of hydrogen-bond donors (Lipinski definition) is 2. The summed E-state index contributed by atoms with van der Waals surface area (Å²) in [6, 6.07) is 7.46. The molecule has 1 aromatic carbocycles. The number of nitrogens with two attached hydrogens (primary N) is 1. The summed E-state index contributed by atoms with van der Waals surface area (Å²) in [4.78, 5) is 11.9. The molecule has 0 spiro atoms. The van der Waals surface area contributed by atoms with Crippen LogP contribution in [0.15, 0.2) is 33.9 Å². The van der Waals surface area contributed by atoms with Crippen molar-refractivity contribution in [3.05, 3.63) is 34.6 Å². The van der Waals surface area contributed by atoms with Gasteiger partial charge in [0.05, 0.1) is 18.0 Å². The Kier molecular flexibility index (Phi) is 5.16. The lowest BCUT2D eigenvalue weighted by Crippen LogP contribution is -2.15. The second-order valence-electron chi connectivity index (χ2n) is 3.98. The van der Waals surface area contributed by atoms with Crippen molar-refractivity contribution < 1.29 is 4.79 Å². The molecule has 2 rings (SSSR count). The normalized spacial score (nSPS) is 10.6. The smallest absolute Gasteiger partial charge is 0.234 e. The molecule has 1 heterocycles. The SMILES string of the molecule is Cn1c(CN)nnc1SCC(=O)Nc1ccccc1Br. The number of aromatic nitrogens is 3. The molecule has 0 aliphatic carbocycles. The molecule has 2 aromatic rings. The third kappa shape index (κ3) is 3.59. The van der Waals surface area contributed by atoms with Gasteiger partial charge in [-0.15, -0.1) is 10.2 Å². The van der Waals surface area contributed by atoms with Gasteiger partial charge in [0.1, 0.15) is 5.82 Å². The van der Waals surface area contributed by atoms with Gasteiger partial charge < -0.3 is 15.6 Å². The molecule has 8 heteroatoms. The van der Waals surface area contributed by atoms with Gasteiger partial charge >= 0.3 is 0 Å². The maximum atomic E-state index is 11.9. The highest BCUT2D eigenvalue weighted by Crippen LogP contribution is 2.22. The van der Waals surface area contributed by atoms with Gasteiger partial charge in [0, 0.05) is 11.5 Å². The topological polar surface area (TPSA) is 85.8 Å². The predicted octanol–water partition coefficient (Wildman–Crippen LogP) is 1.77. The number of thioether (sulfide) groups is 1. The number of nitrogens with one attached hydrogen (secondary N) is 1. The summed E-state index contributed by atoms with van der Waals surface area (Å²) in [5.74, 6) is 0.857. The van der Waals surface area contributed by atoms with Gasteiger partial charge in [-0.3, -0.25) is 4.79 Å². The molecule has 3 N–H and O–H groups in total. The molecule has 0 atom stereocenters. The fourth-order valence-corrected chi connectivity index (χ4v) is 2.64. The summed E-state index contributed by atoms with van der Waals surface area (Å²) in [6.45, 7) is 0.327. The quantitative estimate of drug-likeness (QED) is 0.798. The minimum Gasteiger partial charge on any atom is -0.324 e. The number of rotatable bonds is 5. The number of hydrogen-bond acceptors (Lipinski definition) is 5. The summed E-state index contributed by atoms with van der Waals surface area (Å²) in [6.07, 6.45) is 0. The third-order valence-corrected chi connectivity index (χ3v) is 4.30. The number of nitrogens with zero attached hydrogens (tertiary/aromatic N) is 3. The van der Waals surface area contributed by atoms with Crippen molar-refractivity contribution in [2.45, 2.75) is 11.7 Å². The molecule has 0 saturated carbocycles. The fourth-order valence-electron chi connectivity index (χ4n) is 1.53. The summed E-state index contributed by atoms with van der Waals surface area (Å²) in [5, 5.41) is 11.4. The molecule has 0 bridgehead atoms. The van der Waals surface area contributed by atoms with E-state index >= 15 is 0 Å². The molecule has 106 valence electrons. The van der Waals surface area contributed by atoms with Crippen molar-refractivity contribution >= 4 is 39.3 Å². The lowest BCUT2D eigenvalue weighted by atomic mass is 10.3. The van der Waals surface area contributed by atoms with E-state index in [0.717, 1.165) is 10.2 Å². The molecule has 0 saturated heterocycles. The highest BCUT2D eigenvalue weighted by atomic mass is 79.9. The largest absolute Gasteiger partial charge is 0.324 e. The first kappa shape index (κ1) is 15.0. The Labute approximate surface area is 129 Å². The maximum Gasteiger partial charge on any atom is 0.234 e. The van der Waals surface area contributed by atoms with Gasteiger partial charge in [-0.05, 0) is 28.1 Å². The summed E-state index contributed by atoms with van der Waals surface area (Å²) in [7, 11) is 1.83. The van der Waals surface area contributed by atoms with Crippen molar-refractivity contribution in [1.29, 1.82) is 0 Å². The van der Waals surface area contributed by atoms with Crippen LogP contribution in [0.3, 0.4) is 0 Å². The molecule has 0 fully saturated rings. The minimum atomic E-state index is -0.0980. The highest BCUT2D eigenvalue weighted by molar-refractivity contribution is 9.10. The Bertz CT molecular complexity index is 616. The average molecular weight is 356 g/mol. The molecule has 1 aromatic heterocycles. The lowest BCUT2D eigenvalue weighted by molar-refractivity contribution is -0.113. The molecule has 0 aliphatic heterocycles. The number of halogens is 1. The molecule has 0 unspecified atom stereocenters. The van der Waals surface area contributed by atoms with E-state index in [9.17, 15) is 4.79 Å². The van der Waals surface area contributed by atoms with Crippen LogP contribution in [0.2, 0.25) is 0 Å². The zero-order valence-electron chi connectivity index (χ0n) is 10.8. The van der Waals surface area contributed by atoms with Gasteiger partial charge in [-0.2, -0.15) is 0 Å². The standard InChI is InChI=1S/C12H14BrN5OS/c1-18-10(6-14)16-17-12(18)20-7-11(19)15-9-5-3-2-4-8(9)13/h2-5H,6-7,14H2,1H3,(H,15,19). The van der Waals surface area contributed by atoms with Crippen LogP contribution in [0, 0.1) is 0 Å². The van der Waals surface area contributed by atoms with E-state index in [2.05, 4.69) is 31.4 Å². The van der Waals surface area contributed by atoms with Crippen LogP contribution in [0.25, 0.3) is 0 Å². The number of anilines is 1. The second-order valence-corrected chi connectivity index (χ2v) is 5.78. The van der Waals surface area contributed by atoms with Gasteiger partial charge in [0.15, 0.2) is 5.16 Å². The summed E-state index contributed by atoms with van der Waals surface area (Å²) < 4.78 is 2.64. The molecule has 20 heavy (non-hydrogen) atoms. The number of carbonyl (C=O) groups is 1. The Morgan fingerprint density at radius 3 is 2.85 bits per heavy atom. The number of amides is 1. The Morgan fingerprint density at radius 1 is 1.45 bits per heavy atom. The van der Waals surface area contributed by atoms with Crippen LogP contribution >= 0.6 is 27.7 Å². The van der Waals surface area contributed by atoms with Crippen LogP contribution in [0.5, 0.6) is 0 Å². The van der Waals surface area contributed by atoms with E-state index in [0.29, 0.717) is 17.5 Å². The van der Waals surface area contributed by atoms with Crippen molar-refractivity contribution in [3.8, 4) is 0 Å². The monoisotopic (exact) mass is 355 g/mol. The van der Waals surface area contributed by atoms with Crippen LogP contribution in [0.4, 0.5) is 5.69 Å². The van der Waals surface area contributed by atoms with E-state index in [1.165, 1.54) is 11.8 Å². The van der Waals surface area contributed by atoms with E-state index in [4.69, 9.17) is 5.73 Å². The van der Waals surface area contributed by atoms with Gasteiger partial charge in [0.25, 0.3) is 0 Å². The lowest BCUT2D eigenvalue weighted by Gasteiger charge is -2.06. The molecular formula is C12H14BrN5OS. The molecule has 0 radical (unpaired) electrons. The average Bonchev–Trinajstić information content (AvgIpc) is 2.79. The summed E-state index contributed by atoms with van der Waals surface area (Å²) in [5.41, 5.74) is 6.27. The van der Waals surface area contributed by atoms with Crippen LogP contribution < -0.4 is 11.1 Å². The van der Waals surface area contributed by atoms with E-state index in [1.807, 2.05) is 31.3 Å². The number of carbonyl (C=O) groups excluding carboxylic acids is 1. The molecule has 6 nitrogen and oxygen atoms in total. The van der Waals surface area contributed by atoms with Crippen LogP contribution in [-0.4, -0.2) is 26.4 Å². The highest BCUT2D eigenvalue weighted by Gasteiger charge is 2.11. The van der Waals surface area contributed by atoms with Crippen LogP contribution in [0.1, 0.15) is 5.82 Å². The van der Waals surface area contributed by atoms with Gasteiger partial charge in [-0.1, -0.05) is 23.9 Å². The van der Waals surface area contributed by atoms with Crippen molar-refractivity contribution in [2.75, 3.05) is 11.1 Å². The third-order valence-electron chi connectivity index (χ3n) is 2.59. The Morgan fingerprint density at radius 2 is 2.20 bits per heavy atom. The number of benzene rings is 1. The second kappa shape index (κ2) is 6.87. The first-order chi connectivity index (χ1) is 9.61. The van der Waals surface area contributed by atoms with Gasteiger partial charge in [0.2, 0.25) is 5.91 Å². The Balaban J connectivity index is 1.92. The van der Waals surface area contributed by atoms with E-state index < -0.39 is 0 Å². The molecule has 0 aliphatic rings. The fraction of sp³-hybridized carbons (Fsp3) is 0.250.